The van der Waals surface area contributed by atoms with Crippen molar-refractivity contribution in [2.75, 3.05) is 19.6 Å². The maximum Gasteiger partial charge on any atom is 0.408 e. The van der Waals surface area contributed by atoms with E-state index in [1.165, 1.54) is 0 Å². The number of alkyl halides is 2. The van der Waals surface area contributed by atoms with Gasteiger partial charge in [-0.3, -0.25) is 28.9 Å². The highest BCUT2D eigenvalue weighted by molar-refractivity contribution is 7.91. The maximum absolute atomic E-state index is 16.1. The van der Waals surface area contributed by atoms with E-state index in [2.05, 4.69) is 22.3 Å². The molecular weight excluding hydrogens is 784 g/mol. The van der Waals surface area contributed by atoms with Crippen LogP contribution in [-0.2, 0) is 29.1 Å². The van der Waals surface area contributed by atoms with Crippen LogP contribution in [0.1, 0.15) is 106 Å². The number of ether oxygens (including phenoxy) is 1. The van der Waals surface area contributed by atoms with E-state index in [0.29, 0.717) is 38.6 Å². The summed E-state index contributed by atoms with van der Waals surface area (Å²) in [6.07, 6.45) is 6.31. The van der Waals surface area contributed by atoms with Crippen molar-refractivity contribution in [2.45, 2.75) is 146 Å². The standard InChI is InChI=1S/C40H56F3N5O9S/c1-7-25-28-26(29(41)32(49)30(25)44-35(52)57-37(3,4)39(6,42)43)21-48(36(53)54)31(28)23-18-27-33(50)45-40(34(51)46-58(55,56)38(5)15-16-38)19-24(40)14-9-8-12-22(2)13-10-11-17-47(27)20-23/h9,14,22-24,27,30-31H,7-8,10-13,15-21H2,1-6H3,(H,44,52)(H,45,50)(H,46,51)(H,53,54)/b14-9-/t22-,23+,24+,27-,30-,31?,40+/m0/s1. The molecule has 0 aromatic rings. The number of amides is 4. The quantitative estimate of drug-likeness (QED) is 0.239. The first kappa shape index (κ1) is 43.6. The second-order valence-corrected chi connectivity index (χ2v) is 20.1. The highest BCUT2D eigenvalue weighted by atomic mass is 32.2. The Hall–Kier alpha value is -3.93. The summed E-state index contributed by atoms with van der Waals surface area (Å²) < 4.78 is 77.0. The van der Waals surface area contributed by atoms with E-state index in [4.69, 9.17) is 4.74 Å². The lowest BCUT2D eigenvalue weighted by atomic mass is 9.79. The molecule has 1 unspecified atom stereocenters. The SMILES string of the molecule is CCC1=C2C(=C(F)C(=O)[C@H]1NC(=O)OC(C)(C)C(C)(F)F)CN(C(=O)O)C2[C@@H]1C[C@H]2C(=O)N[C@]3(C(=O)NS(=O)(=O)C4(C)CC4)C[C@H]3/C=C\CC[C@H](C)CCCCN2C1. The lowest BCUT2D eigenvalue weighted by molar-refractivity contribution is -0.150. The number of alkyl carbamates (subject to hydrolysis) is 1. The van der Waals surface area contributed by atoms with Crippen molar-refractivity contribution >= 4 is 39.8 Å². The monoisotopic (exact) mass is 839 g/mol. The lowest BCUT2D eigenvalue weighted by Gasteiger charge is -2.34. The Morgan fingerprint density at radius 1 is 1.12 bits per heavy atom. The van der Waals surface area contributed by atoms with Crippen molar-refractivity contribution in [2.24, 2.45) is 17.8 Å². The number of nitrogens with one attached hydrogen (secondary N) is 3. The molecule has 0 bridgehead atoms. The van der Waals surface area contributed by atoms with Crippen LogP contribution in [0.5, 0.6) is 0 Å². The van der Waals surface area contributed by atoms with Gasteiger partial charge in [0.1, 0.15) is 11.6 Å². The van der Waals surface area contributed by atoms with Crippen LogP contribution < -0.4 is 15.4 Å². The number of fused-ring (bicyclic) bond motifs is 3. The number of hydrogen-bond acceptors (Lipinski definition) is 9. The largest absolute Gasteiger partial charge is 0.465 e. The molecule has 14 nitrogen and oxygen atoms in total. The van der Waals surface area contributed by atoms with Gasteiger partial charge in [-0.05, 0) is 102 Å². The molecule has 3 aliphatic heterocycles. The van der Waals surface area contributed by atoms with Crippen LogP contribution in [0.25, 0.3) is 0 Å². The number of Topliss-reactive ketones (excluding diaryl/α,β-unsaturated/α-hetero) is 1. The van der Waals surface area contributed by atoms with Crippen molar-refractivity contribution in [1.29, 1.82) is 0 Å². The minimum absolute atomic E-state index is 0.0487. The van der Waals surface area contributed by atoms with E-state index >= 15 is 4.39 Å². The Bertz CT molecular complexity index is 1940. The molecule has 0 aromatic heterocycles. The minimum atomic E-state index is -4.02. The van der Waals surface area contributed by atoms with Gasteiger partial charge in [0, 0.05) is 25.0 Å². The average Bonchev–Trinajstić information content (AvgIpc) is 3.94. The van der Waals surface area contributed by atoms with Gasteiger partial charge in [0.25, 0.3) is 11.8 Å². The Morgan fingerprint density at radius 2 is 1.81 bits per heavy atom. The molecule has 3 heterocycles. The molecule has 58 heavy (non-hydrogen) atoms. The zero-order valence-corrected chi connectivity index (χ0v) is 34.8. The van der Waals surface area contributed by atoms with E-state index < -0.39 is 104 Å². The van der Waals surface area contributed by atoms with Gasteiger partial charge < -0.3 is 20.5 Å². The van der Waals surface area contributed by atoms with Crippen LogP contribution in [-0.4, -0.2) is 113 Å². The van der Waals surface area contributed by atoms with Crippen molar-refractivity contribution in [3.05, 3.63) is 34.7 Å². The van der Waals surface area contributed by atoms with Crippen molar-refractivity contribution in [1.82, 2.24) is 25.2 Å². The van der Waals surface area contributed by atoms with E-state index in [0.717, 1.165) is 44.4 Å². The van der Waals surface area contributed by atoms with Crippen LogP contribution in [0.15, 0.2) is 34.7 Å². The molecule has 2 saturated heterocycles. The Morgan fingerprint density at radius 3 is 2.43 bits per heavy atom. The van der Waals surface area contributed by atoms with Crippen LogP contribution >= 0.6 is 0 Å². The number of nitrogens with zero attached hydrogens (tertiary/aromatic N) is 2. The maximum atomic E-state index is 16.1. The number of rotatable bonds is 8. The molecule has 3 aliphatic carbocycles. The van der Waals surface area contributed by atoms with Gasteiger partial charge >= 0.3 is 12.2 Å². The number of carbonyl (C=O) groups excluding carboxylic acids is 4. The first-order valence-corrected chi connectivity index (χ1v) is 21.8. The number of hydrogen-bond donors (Lipinski definition) is 4. The minimum Gasteiger partial charge on any atom is -0.465 e. The van der Waals surface area contributed by atoms with Gasteiger partial charge in [0.15, 0.2) is 11.4 Å². The lowest BCUT2D eigenvalue weighted by Crippen LogP contribution is -2.56. The second-order valence-electron chi connectivity index (χ2n) is 17.9. The Kier molecular flexibility index (Phi) is 11.7. The number of allylic oxidation sites excluding steroid dienone is 1. The molecule has 6 rings (SSSR count). The summed E-state index contributed by atoms with van der Waals surface area (Å²) in [5.74, 6) is -7.94. The number of ketones is 1. The summed E-state index contributed by atoms with van der Waals surface area (Å²) in [7, 11) is -4.02. The fourth-order valence-electron chi connectivity index (χ4n) is 8.89. The van der Waals surface area contributed by atoms with Gasteiger partial charge in [0.05, 0.1) is 23.4 Å². The fraction of sp³-hybridized carbons (Fsp3) is 0.725. The number of halogens is 3. The molecule has 4 fully saturated rings. The summed E-state index contributed by atoms with van der Waals surface area (Å²) in [4.78, 5) is 70.6. The van der Waals surface area contributed by atoms with E-state index in [1.54, 1.807) is 13.8 Å². The summed E-state index contributed by atoms with van der Waals surface area (Å²) in [6, 6.07) is -3.62. The fourth-order valence-corrected chi connectivity index (χ4v) is 10.2. The van der Waals surface area contributed by atoms with Crippen LogP contribution in [0, 0.1) is 17.8 Å². The topological polar surface area (TPSA) is 192 Å². The number of sulfonamides is 1. The summed E-state index contributed by atoms with van der Waals surface area (Å²) >= 11 is 0. The molecule has 7 atom stereocenters. The molecule has 0 aromatic carbocycles. The van der Waals surface area contributed by atoms with Crippen molar-refractivity contribution in [3.63, 3.8) is 0 Å². The molecule has 0 spiro atoms. The second kappa shape index (κ2) is 15.6. The third-order valence-corrected chi connectivity index (χ3v) is 15.5. The molecular formula is C40H56F3N5O9S. The predicted molar refractivity (Wildman–Crippen MR) is 206 cm³/mol. The summed E-state index contributed by atoms with van der Waals surface area (Å²) in [6.45, 7) is 8.05. The van der Waals surface area contributed by atoms with E-state index in [9.17, 15) is 46.3 Å². The summed E-state index contributed by atoms with van der Waals surface area (Å²) in [5.41, 5.74) is -3.58. The first-order valence-electron chi connectivity index (χ1n) is 20.3. The predicted octanol–water partition coefficient (Wildman–Crippen LogP) is 5.11. The molecule has 6 aliphatic rings. The van der Waals surface area contributed by atoms with Gasteiger partial charge in [-0.1, -0.05) is 38.8 Å². The zero-order valence-electron chi connectivity index (χ0n) is 34.0. The Balaban J connectivity index is 1.33. The van der Waals surface area contributed by atoms with E-state index in [1.807, 2.05) is 17.1 Å². The highest BCUT2D eigenvalue weighted by Gasteiger charge is 2.63. The molecule has 4 N–H and O–H groups in total. The Labute approximate surface area is 337 Å². The molecule has 2 saturated carbocycles. The van der Waals surface area contributed by atoms with Gasteiger partial charge in [0.2, 0.25) is 21.7 Å². The highest BCUT2D eigenvalue weighted by Crippen LogP contribution is 2.49. The smallest absolute Gasteiger partial charge is 0.408 e. The molecule has 0 radical (unpaired) electrons. The first-order chi connectivity index (χ1) is 27.0. The number of carboxylic acid groups (broad SMARTS) is 1. The van der Waals surface area contributed by atoms with Crippen molar-refractivity contribution < 1.29 is 55.4 Å². The third kappa shape index (κ3) is 8.15. The normalized spacial score (nSPS) is 32.5. The van der Waals surface area contributed by atoms with Gasteiger partial charge in [-0.25, -0.2) is 31.2 Å². The molecule has 18 heteroatoms. The summed E-state index contributed by atoms with van der Waals surface area (Å²) in [5, 5.41) is 15.7. The van der Waals surface area contributed by atoms with Crippen LogP contribution in [0.4, 0.5) is 22.8 Å². The van der Waals surface area contributed by atoms with Gasteiger partial charge in [-0.2, -0.15) is 0 Å². The molecule has 4 amide bonds. The number of likely N-dealkylation sites (tertiary alicyclic amines) is 1. The van der Waals surface area contributed by atoms with Crippen molar-refractivity contribution in [3.8, 4) is 0 Å². The van der Waals surface area contributed by atoms with Gasteiger partial charge in [-0.15, -0.1) is 0 Å². The molecule has 322 valence electrons. The van der Waals surface area contributed by atoms with E-state index in [-0.39, 0.29) is 42.5 Å². The van der Waals surface area contributed by atoms with Crippen LogP contribution in [0.2, 0.25) is 0 Å². The van der Waals surface area contributed by atoms with Crippen LogP contribution in [0.3, 0.4) is 0 Å². The number of carbonyl (C=O) groups is 5. The third-order valence-electron chi connectivity index (χ3n) is 13.4. The zero-order chi connectivity index (χ0) is 42.7. The average molecular weight is 840 g/mol.